The molecule has 146 valence electrons. The van der Waals surface area contributed by atoms with E-state index in [-0.39, 0.29) is 10.3 Å². The van der Waals surface area contributed by atoms with Gasteiger partial charge in [-0.2, -0.15) is 4.31 Å². The van der Waals surface area contributed by atoms with Crippen molar-refractivity contribution in [1.29, 1.82) is 0 Å². The van der Waals surface area contributed by atoms with Crippen molar-refractivity contribution in [2.24, 2.45) is 0 Å². The van der Waals surface area contributed by atoms with E-state index in [1.165, 1.54) is 4.31 Å². The summed E-state index contributed by atoms with van der Waals surface area (Å²) in [6.45, 7) is 4.97. The topological polar surface area (TPSA) is 55.8 Å². The van der Waals surface area contributed by atoms with Gasteiger partial charge in [0.15, 0.2) is 0 Å². The van der Waals surface area contributed by atoms with Crippen molar-refractivity contribution in [2.75, 3.05) is 25.5 Å². The fourth-order valence-corrected chi connectivity index (χ4v) is 6.66. The molecule has 0 aliphatic carbocycles. The molecule has 1 unspecified atom stereocenters. The molecule has 0 spiro atoms. The summed E-state index contributed by atoms with van der Waals surface area (Å²) >= 11 is 7.89. The van der Waals surface area contributed by atoms with Crippen LogP contribution in [0.5, 0.6) is 11.5 Å². The average molecular weight is 428 g/mol. The number of rotatable bonds is 7. The standard InChI is InChI=1S/C19H22ClNO4S2/c1-3-24-14-9-10-18(17(13-14)25-4-2)27(22,23)21-11-12-26-19(21)15-7-5-6-8-16(15)20/h5-10,13,19H,3-4,11-12H2,1-2H3. The molecule has 1 aliphatic heterocycles. The number of halogens is 1. The monoisotopic (exact) mass is 427 g/mol. The van der Waals surface area contributed by atoms with Crippen LogP contribution in [0.2, 0.25) is 5.02 Å². The lowest BCUT2D eigenvalue weighted by Crippen LogP contribution is -2.31. The van der Waals surface area contributed by atoms with Gasteiger partial charge in [-0.15, -0.1) is 11.8 Å². The number of benzene rings is 2. The van der Waals surface area contributed by atoms with Gasteiger partial charge in [0.25, 0.3) is 0 Å². The molecule has 3 rings (SSSR count). The molecule has 1 atom stereocenters. The van der Waals surface area contributed by atoms with E-state index in [0.29, 0.717) is 42.0 Å². The molecule has 0 amide bonds. The van der Waals surface area contributed by atoms with Crippen LogP contribution in [-0.4, -0.2) is 38.2 Å². The van der Waals surface area contributed by atoms with Gasteiger partial charge in [-0.3, -0.25) is 0 Å². The van der Waals surface area contributed by atoms with E-state index in [0.717, 1.165) is 5.56 Å². The van der Waals surface area contributed by atoms with Crippen LogP contribution in [0.4, 0.5) is 0 Å². The van der Waals surface area contributed by atoms with Gasteiger partial charge < -0.3 is 9.47 Å². The van der Waals surface area contributed by atoms with E-state index >= 15 is 0 Å². The van der Waals surface area contributed by atoms with Crippen LogP contribution >= 0.6 is 23.4 Å². The number of hydrogen-bond donors (Lipinski definition) is 0. The number of sulfonamides is 1. The lowest BCUT2D eigenvalue weighted by molar-refractivity contribution is 0.315. The Balaban J connectivity index is 2.01. The summed E-state index contributed by atoms with van der Waals surface area (Å²) in [6, 6.07) is 12.2. The molecule has 0 bridgehead atoms. The first-order valence-corrected chi connectivity index (χ1v) is 11.6. The van der Waals surface area contributed by atoms with Crippen LogP contribution in [0.3, 0.4) is 0 Å². The summed E-state index contributed by atoms with van der Waals surface area (Å²) in [5.74, 6) is 1.59. The van der Waals surface area contributed by atoms with Crippen LogP contribution in [0.25, 0.3) is 0 Å². The van der Waals surface area contributed by atoms with E-state index in [1.54, 1.807) is 36.0 Å². The SMILES string of the molecule is CCOc1ccc(S(=O)(=O)N2CCSC2c2ccccc2Cl)c(OCC)c1. The Morgan fingerprint density at radius 2 is 1.89 bits per heavy atom. The predicted molar refractivity (Wildman–Crippen MR) is 109 cm³/mol. The number of thioether (sulfide) groups is 1. The third-order valence-corrected chi connectivity index (χ3v) is 7.76. The molecule has 0 aromatic heterocycles. The van der Waals surface area contributed by atoms with E-state index in [9.17, 15) is 8.42 Å². The molecule has 1 saturated heterocycles. The zero-order valence-electron chi connectivity index (χ0n) is 15.2. The highest BCUT2D eigenvalue weighted by Crippen LogP contribution is 2.45. The summed E-state index contributed by atoms with van der Waals surface area (Å²) in [5, 5.41) is 0.207. The van der Waals surface area contributed by atoms with Gasteiger partial charge in [-0.1, -0.05) is 29.8 Å². The molecule has 1 fully saturated rings. The quantitative estimate of drug-likeness (QED) is 0.647. The summed E-state index contributed by atoms with van der Waals surface area (Å²) in [6.07, 6.45) is 0. The first kappa shape index (κ1) is 20.3. The number of ether oxygens (including phenoxy) is 2. The van der Waals surface area contributed by atoms with Crippen LogP contribution in [-0.2, 0) is 10.0 Å². The Morgan fingerprint density at radius 3 is 2.59 bits per heavy atom. The molecule has 0 N–H and O–H groups in total. The maximum atomic E-state index is 13.4. The van der Waals surface area contributed by atoms with E-state index in [2.05, 4.69) is 0 Å². The number of hydrogen-bond acceptors (Lipinski definition) is 5. The van der Waals surface area contributed by atoms with E-state index in [1.807, 2.05) is 32.0 Å². The molecule has 27 heavy (non-hydrogen) atoms. The van der Waals surface area contributed by atoms with Crippen LogP contribution in [0.15, 0.2) is 47.4 Å². The Labute approximate surface area is 169 Å². The van der Waals surface area contributed by atoms with Gasteiger partial charge >= 0.3 is 0 Å². The molecule has 1 aliphatic rings. The van der Waals surface area contributed by atoms with Crippen LogP contribution in [0, 0.1) is 0 Å². The summed E-state index contributed by atoms with van der Waals surface area (Å²) in [4.78, 5) is 0.146. The highest BCUT2D eigenvalue weighted by molar-refractivity contribution is 8.01. The minimum absolute atomic E-state index is 0.146. The highest BCUT2D eigenvalue weighted by Gasteiger charge is 2.39. The van der Waals surface area contributed by atoms with Gasteiger partial charge in [-0.25, -0.2) is 8.42 Å². The van der Waals surface area contributed by atoms with Crippen molar-refractivity contribution in [3.8, 4) is 11.5 Å². The molecule has 0 saturated carbocycles. The molecular formula is C19H22ClNO4S2. The molecule has 5 nitrogen and oxygen atoms in total. The fourth-order valence-electron chi connectivity index (χ4n) is 2.97. The Morgan fingerprint density at radius 1 is 1.15 bits per heavy atom. The first-order chi connectivity index (χ1) is 13.0. The zero-order valence-corrected chi connectivity index (χ0v) is 17.6. The summed E-state index contributed by atoms with van der Waals surface area (Å²) in [5.41, 5.74) is 0.800. The second kappa shape index (κ2) is 8.73. The molecule has 0 radical (unpaired) electrons. The van der Waals surface area contributed by atoms with Crippen LogP contribution in [0.1, 0.15) is 24.8 Å². The maximum absolute atomic E-state index is 13.4. The van der Waals surface area contributed by atoms with Gasteiger partial charge in [0, 0.05) is 23.4 Å². The second-order valence-corrected chi connectivity index (χ2v) is 9.29. The minimum atomic E-state index is -3.76. The van der Waals surface area contributed by atoms with Crippen molar-refractivity contribution in [1.82, 2.24) is 4.31 Å². The number of nitrogens with zero attached hydrogens (tertiary/aromatic N) is 1. The second-order valence-electron chi connectivity index (χ2n) is 5.83. The lowest BCUT2D eigenvalue weighted by Gasteiger charge is -2.25. The highest BCUT2D eigenvalue weighted by atomic mass is 35.5. The molecule has 2 aromatic carbocycles. The molecular weight excluding hydrogens is 406 g/mol. The van der Waals surface area contributed by atoms with Gasteiger partial charge in [-0.05, 0) is 37.6 Å². The van der Waals surface area contributed by atoms with Gasteiger partial charge in [0.2, 0.25) is 10.0 Å². The maximum Gasteiger partial charge on any atom is 0.248 e. The third kappa shape index (κ3) is 4.21. The van der Waals surface area contributed by atoms with Crippen molar-refractivity contribution in [3.05, 3.63) is 53.1 Å². The molecule has 1 heterocycles. The Bertz CT molecular complexity index is 904. The third-order valence-electron chi connectivity index (χ3n) is 4.13. The minimum Gasteiger partial charge on any atom is -0.494 e. The average Bonchev–Trinajstić information content (AvgIpc) is 3.13. The summed E-state index contributed by atoms with van der Waals surface area (Å²) in [7, 11) is -3.76. The fraction of sp³-hybridized carbons (Fsp3) is 0.368. The van der Waals surface area contributed by atoms with Gasteiger partial charge in [0.1, 0.15) is 16.4 Å². The summed E-state index contributed by atoms with van der Waals surface area (Å²) < 4.78 is 39.5. The predicted octanol–water partition coefficient (Wildman–Crippen LogP) is 4.57. The Hall–Kier alpha value is -1.41. The Kier molecular flexibility index (Phi) is 6.57. The lowest BCUT2D eigenvalue weighted by atomic mass is 10.2. The zero-order chi connectivity index (χ0) is 19.4. The smallest absolute Gasteiger partial charge is 0.248 e. The van der Waals surface area contributed by atoms with Crippen molar-refractivity contribution >= 4 is 33.4 Å². The van der Waals surface area contributed by atoms with Crippen molar-refractivity contribution in [2.45, 2.75) is 24.1 Å². The normalized spacial score (nSPS) is 17.8. The van der Waals surface area contributed by atoms with E-state index < -0.39 is 10.0 Å². The molecule has 8 heteroatoms. The first-order valence-electron chi connectivity index (χ1n) is 8.76. The van der Waals surface area contributed by atoms with Crippen molar-refractivity contribution in [3.63, 3.8) is 0 Å². The largest absolute Gasteiger partial charge is 0.494 e. The van der Waals surface area contributed by atoms with Gasteiger partial charge in [0.05, 0.1) is 18.6 Å². The van der Waals surface area contributed by atoms with E-state index in [4.69, 9.17) is 21.1 Å². The van der Waals surface area contributed by atoms with Crippen molar-refractivity contribution < 1.29 is 17.9 Å². The van der Waals surface area contributed by atoms with Crippen LogP contribution < -0.4 is 9.47 Å². The molecule has 2 aromatic rings.